The summed E-state index contributed by atoms with van der Waals surface area (Å²) in [6.07, 6.45) is 6.20. The third-order valence-electron chi connectivity index (χ3n) is 5.88. The molecule has 0 aliphatic carbocycles. The number of nitrogens with zero attached hydrogens (tertiary/aromatic N) is 2. The summed E-state index contributed by atoms with van der Waals surface area (Å²) in [5, 5.41) is 0. The normalized spacial score (nSPS) is 29.2. The van der Waals surface area contributed by atoms with E-state index in [1.54, 1.807) is 12.3 Å². The number of fused-ring (bicyclic) bond motifs is 1. The molecule has 1 amide bonds. The number of carbonyl (C=O) groups excluding carboxylic acids is 1. The minimum Gasteiger partial charge on any atom is -0.469 e. The molecular weight excluding hydrogens is 292 g/mol. The van der Waals surface area contributed by atoms with Crippen LogP contribution in [0.1, 0.15) is 41.8 Å². The fraction of sp³-hybridized carbons (Fsp3) is 0.722. The molecule has 3 aliphatic heterocycles. The molecule has 3 aliphatic rings. The molecule has 0 unspecified atom stereocenters. The van der Waals surface area contributed by atoms with Gasteiger partial charge in [-0.05, 0) is 44.6 Å². The van der Waals surface area contributed by atoms with E-state index in [0.29, 0.717) is 12.1 Å². The molecule has 23 heavy (non-hydrogen) atoms. The van der Waals surface area contributed by atoms with Crippen molar-refractivity contribution in [1.82, 2.24) is 9.80 Å². The molecule has 126 valence electrons. The van der Waals surface area contributed by atoms with Gasteiger partial charge in [0.25, 0.3) is 5.91 Å². The number of hydrogen-bond acceptors (Lipinski definition) is 4. The van der Waals surface area contributed by atoms with Gasteiger partial charge in [0.15, 0.2) is 0 Å². The zero-order valence-electron chi connectivity index (χ0n) is 13.9. The smallest absolute Gasteiger partial charge is 0.257 e. The summed E-state index contributed by atoms with van der Waals surface area (Å²) in [6, 6.07) is 2.74. The maximum absolute atomic E-state index is 12.8. The molecule has 4 rings (SSSR count). The lowest BCUT2D eigenvalue weighted by atomic mass is 9.99. The van der Waals surface area contributed by atoms with Gasteiger partial charge in [0.05, 0.1) is 11.8 Å². The van der Waals surface area contributed by atoms with Crippen molar-refractivity contribution in [3.8, 4) is 0 Å². The van der Waals surface area contributed by atoms with E-state index in [1.807, 2.05) is 6.92 Å². The van der Waals surface area contributed by atoms with Crippen molar-refractivity contribution in [2.75, 3.05) is 32.8 Å². The summed E-state index contributed by atoms with van der Waals surface area (Å²) in [7, 11) is 0. The van der Waals surface area contributed by atoms with Gasteiger partial charge in [0.2, 0.25) is 0 Å². The highest BCUT2D eigenvalue weighted by atomic mass is 16.5. The average molecular weight is 318 g/mol. The van der Waals surface area contributed by atoms with Crippen LogP contribution in [0.5, 0.6) is 0 Å². The standard InChI is InChI=1S/C18H26N2O3/c1-13-15(6-11-23-13)18(21)20-8-3-16-17(20)2-7-19(16)12-14-4-9-22-10-5-14/h6,11,14,16-17H,2-5,7-10,12H2,1H3/t16-,17+/m1/s1. The third-order valence-corrected chi connectivity index (χ3v) is 5.88. The second-order valence-corrected chi connectivity index (χ2v) is 7.15. The molecule has 0 radical (unpaired) electrons. The van der Waals surface area contributed by atoms with Crippen LogP contribution in [0.2, 0.25) is 0 Å². The topological polar surface area (TPSA) is 45.9 Å². The van der Waals surface area contributed by atoms with E-state index < -0.39 is 0 Å². The van der Waals surface area contributed by atoms with E-state index in [9.17, 15) is 4.79 Å². The summed E-state index contributed by atoms with van der Waals surface area (Å²) in [6.45, 7) is 6.88. The molecule has 3 fully saturated rings. The highest BCUT2D eigenvalue weighted by molar-refractivity contribution is 5.95. The first-order chi connectivity index (χ1) is 11.2. The Balaban J connectivity index is 1.41. The number of carbonyl (C=O) groups is 1. The van der Waals surface area contributed by atoms with Crippen LogP contribution in [0, 0.1) is 12.8 Å². The predicted molar refractivity (Wildman–Crippen MR) is 86.4 cm³/mol. The molecule has 2 atom stereocenters. The van der Waals surface area contributed by atoms with Crippen molar-refractivity contribution in [2.45, 2.75) is 44.7 Å². The maximum atomic E-state index is 12.8. The van der Waals surface area contributed by atoms with E-state index in [2.05, 4.69) is 9.80 Å². The zero-order chi connectivity index (χ0) is 15.8. The molecule has 4 heterocycles. The Bertz CT molecular complexity index is 564. The molecule has 5 nitrogen and oxygen atoms in total. The van der Waals surface area contributed by atoms with Crippen LogP contribution >= 0.6 is 0 Å². The lowest BCUT2D eigenvalue weighted by Gasteiger charge is -2.30. The first-order valence-electron chi connectivity index (χ1n) is 8.91. The molecule has 0 saturated carbocycles. The predicted octanol–water partition coefficient (Wildman–Crippen LogP) is 2.30. The van der Waals surface area contributed by atoms with Gasteiger partial charge in [-0.1, -0.05) is 0 Å². The Morgan fingerprint density at radius 3 is 2.70 bits per heavy atom. The van der Waals surface area contributed by atoms with E-state index in [4.69, 9.17) is 9.15 Å². The van der Waals surface area contributed by atoms with Gasteiger partial charge >= 0.3 is 0 Å². The van der Waals surface area contributed by atoms with Crippen LogP contribution in [0.4, 0.5) is 0 Å². The zero-order valence-corrected chi connectivity index (χ0v) is 13.9. The number of amides is 1. The second-order valence-electron chi connectivity index (χ2n) is 7.15. The third kappa shape index (κ3) is 2.81. The Morgan fingerprint density at radius 2 is 1.96 bits per heavy atom. The highest BCUT2D eigenvalue weighted by Gasteiger charge is 2.45. The largest absolute Gasteiger partial charge is 0.469 e. The summed E-state index contributed by atoms with van der Waals surface area (Å²) < 4.78 is 10.8. The number of aryl methyl sites for hydroxylation is 1. The van der Waals surface area contributed by atoms with Gasteiger partial charge in [-0.2, -0.15) is 0 Å². The van der Waals surface area contributed by atoms with Gasteiger partial charge in [0, 0.05) is 44.9 Å². The van der Waals surface area contributed by atoms with E-state index in [-0.39, 0.29) is 5.91 Å². The molecule has 1 aromatic rings. The number of hydrogen-bond donors (Lipinski definition) is 0. The van der Waals surface area contributed by atoms with Crippen LogP contribution in [0.15, 0.2) is 16.7 Å². The lowest BCUT2D eigenvalue weighted by molar-refractivity contribution is 0.0502. The lowest BCUT2D eigenvalue weighted by Crippen LogP contribution is -2.41. The summed E-state index contributed by atoms with van der Waals surface area (Å²) in [5.41, 5.74) is 0.730. The van der Waals surface area contributed by atoms with Crippen molar-refractivity contribution in [1.29, 1.82) is 0 Å². The number of ether oxygens (including phenoxy) is 1. The Labute approximate surface area is 137 Å². The summed E-state index contributed by atoms with van der Waals surface area (Å²) in [4.78, 5) is 17.5. The second kappa shape index (κ2) is 6.29. The fourth-order valence-electron chi connectivity index (χ4n) is 4.58. The van der Waals surface area contributed by atoms with Crippen LogP contribution in [0.25, 0.3) is 0 Å². The van der Waals surface area contributed by atoms with E-state index in [0.717, 1.165) is 56.4 Å². The van der Waals surface area contributed by atoms with Crippen molar-refractivity contribution in [2.24, 2.45) is 5.92 Å². The molecule has 3 saturated heterocycles. The van der Waals surface area contributed by atoms with Crippen molar-refractivity contribution < 1.29 is 13.9 Å². The molecule has 5 heteroatoms. The van der Waals surface area contributed by atoms with Crippen molar-refractivity contribution in [3.05, 3.63) is 23.7 Å². The first-order valence-corrected chi connectivity index (χ1v) is 8.91. The highest BCUT2D eigenvalue weighted by Crippen LogP contribution is 2.34. The number of rotatable bonds is 3. The van der Waals surface area contributed by atoms with Crippen LogP contribution in [-0.2, 0) is 4.74 Å². The van der Waals surface area contributed by atoms with Gasteiger partial charge in [-0.3, -0.25) is 9.69 Å². The van der Waals surface area contributed by atoms with Gasteiger partial charge in [-0.25, -0.2) is 0 Å². The van der Waals surface area contributed by atoms with E-state index in [1.165, 1.54) is 19.4 Å². The molecule has 0 aromatic carbocycles. The molecule has 0 spiro atoms. The molecule has 1 aromatic heterocycles. The SMILES string of the molecule is Cc1occc1C(=O)N1CC[C@@H]2[C@@H]1CCN2CC1CCOCC1. The molecule has 0 bridgehead atoms. The fourth-order valence-corrected chi connectivity index (χ4v) is 4.58. The monoisotopic (exact) mass is 318 g/mol. The summed E-state index contributed by atoms with van der Waals surface area (Å²) >= 11 is 0. The molecular formula is C18H26N2O3. The van der Waals surface area contributed by atoms with Gasteiger partial charge in [-0.15, -0.1) is 0 Å². The maximum Gasteiger partial charge on any atom is 0.257 e. The molecule has 0 N–H and O–H groups in total. The number of furan rings is 1. The summed E-state index contributed by atoms with van der Waals surface area (Å²) in [5.74, 6) is 1.65. The van der Waals surface area contributed by atoms with Crippen LogP contribution < -0.4 is 0 Å². The van der Waals surface area contributed by atoms with Crippen LogP contribution in [0.3, 0.4) is 0 Å². The van der Waals surface area contributed by atoms with Crippen LogP contribution in [-0.4, -0.2) is 60.6 Å². The van der Waals surface area contributed by atoms with Gasteiger partial charge in [0.1, 0.15) is 5.76 Å². The van der Waals surface area contributed by atoms with E-state index >= 15 is 0 Å². The van der Waals surface area contributed by atoms with Gasteiger partial charge < -0.3 is 14.1 Å². The number of likely N-dealkylation sites (tertiary alicyclic amines) is 2. The Morgan fingerprint density at radius 1 is 1.17 bits per heavy atom. The Kier molecular flexibility index (Phi) is 4.16. The minimum absolute atomic E-state index is 0.150. The minimum atomic E-state index is 0.150. The Hall–Kier alpha value is -1.33. The average Bonchev–Trinajstić information content (AvgIpc) is 3.25. The van der Waals surface area contributed by atoms with Crippen molar-refractivity contribution >= 4 is 5.91 Å². The first kappa shape index (κ1) is 15.2. The quantitative estimate of drug-likeness (QED) is 0.858. The van der Waals surface area contributed by atoms with Crippen molar-refractivity contribution in [3.63, 3.8) is 0 Å².